The third-order valence-electron chi connectivity index (χ3n) is 4.32. The van der Waals surface area contributed by atoms with E-state index in [-0.39, 0.29) is 6.10 Å². The Kier molecular flexibility index (Phi) is 2.07. The van der Waals surface area contributed by atoms with Crippen LogP contribution in [0, 0.1) is 0 Å². The highest BCUT2D eigenvalue weighted by Gasteiger charge is 2.37. The van der Waals surface area contributed by atoms with Gasteiger partial charge in [0.2, 0.25) is 0 Å². The minimum Gasteiger partial charge on any atom is -0.442 e. The van der Waals surface area contributed by atoms with Crippen molar-refractivity contribution in [2.45, 2.75) is 12.6 Å². The van der Waals surface area contributed by atoms with Gasteiger partial charge in [0.05, 0.1) is 0 Å². The monoisotopic (exact) mass is 276 g/mol. The molecule has 102 valence electrons. The normalized spacial score (nSPS) is 23.8. The van der Waals surface area contributed by atoms with Crippen molar-refractivity contribution in [3.63, 3.8) is 0 Å². The van der Waals surface area contributed by atoms with Crippen molar-refractivity contribution in [1.82, 2.24) is 0 Å². The first-order chi connectivity index (χ1) is 10.3. The zero-order chi connectivity index (χ0) is 14.0. The van der Waals surface area contributed by atoms with E-state index >= 15 is 0 Å². The average Bonchev–Trinajstić information content (AvgIpc) is 3.12. The molecule has 1 fully saturated rings. The van der Waals surface area contributed by atoms with E-state index in [4.69, 9.17) is 9.47 Å². The van der Waals surface area contributed by atoms with E-state index in [1.807, 2.05) is 24.3 Å². The van der Waals surface area contributed by atoms with Crippen LogP contribution in [0.25, 0.3) is 29.0 Å². The Morgan fingerprint density at radius 1 is 1.00 bits per heavy atom. The van der Waals surface area contributed by atoms with Gasteiger partial charge in [0.1, 0.15) is 11.9 Å². The number of ether oxygens (including phenoxy) is 2. The highest BCUT2D eigenvalue weighted by molar-refractivity contribution is 5.80. The maximum Gasteiger partial charge on any atom is 0.314 e. The highest BCUT2D eigenvalue weighted by atomic mass is 16.8. The second kappa shape index (κ2) is 3.85. The lowest BCUT2D eigenvalue weighted by molar-refractivity contribution is -0.197. The molecule has 0 aromatic heterocycles. The summed E-state index contributed by atoms with van der Waals surface area (Å²) in [6, 6.07) is 12.4. The van der Waals surface area contributed by atoms with Crippen LogP contribution in [0.5, 0.6) is 0 Å². The van der Waals surface area contributed by atoms with Gasteiger partial charge in [0, 0.05) is 5.22 Å². The summed E-state index contributed by atoms with van der Waals surface area (Å²) in [5.41, 5.74) is 4.49. The van der Waals surface area contributed by atoms with Crippen molar-refractivity contribution in [3.8, 4) is 11.1 Å². The molecule has 0 spiro atoms. The lowest BCUT2D eigenvalue weighted by atomic mass is 9.87. The summed E-state index contributed by atoms with van der Waals surface area (Å²) in [6.45, 7) is -1.20. The topological polar surface area (TPSA) is 38.7 Å². The summed E-state index contributed by atoms with van der Waals surface area (Å²) in [6.07, 6.45) is 5.87. The van der Waals surface area contributed by atoms with Gasteiger partial charge in [-0.1, -0.05) is 54.6 Å². The molecule has 2 aromatic rings. The molecule has 0 saturated carbocycles. The first-order valence-electron chi connectivity index (χ1n) is 6.98. The minimum atomic E-state index is -1.20. The zero-order valence-corrected chi connectivity index (χ0v) is 11.1. The van der Waals surface area contributed by atoms with Gasteiger partial charge in [-0.05, 0) is 27.5 Å². The lowest BCUT2D eigenvalue weighted by Crippen LogP contribution is -2.34. The summed E-state index contributed by atoms with van der Waals surface area (Å²) in [4.78, 5) is 0. The Bertz CT molecular complexity index is 924. The van der Waals surface area contributed by atoms with Crippen LogP contribution < -0.4 is 10.4 Å². The predicted octanol–water partition coefficient (Wildman–Crippen LogP) is 1.65. The van der Waals surface area contributed by atoms with Crippen LogP contribution >= 0.6 is 0 Å². The van der Waals surface area contributed by atoms with Crippen LogP contribution in [0.4, 0.5) is 0 Å². The fourth-order valence-electron chi connectivity index (χ4n) is 3.45. The van der Waals surface area contributed by atoms with Gasteiger partial charge in [-0.2, -0.15) is 0 Å². The maximum atomic E-state index is 9.77. The summed E-state index contributed by atoms with van der Waals surface area (Å²) < 4.78 is 11.1. The largest absolute Gasteiger partial charge is 0.442 e. The lowest BCUT2D eigenvalue weighted by Gasteiger charge is -2.21. The molecule has 2 unspecified atom stereocenters. The van der Waals surface area contributed by atoms with E-state index in [2.05, 4.69) is 30.4 Å². The number of aliphatic hydroxyl groups is 1. The van der Waals surface area contributed by atoms with Crippen molar-refractivity contribution < 1.29 is 14.6 Å². The smallest absolute Gasteiger partial charge is 0.314 e. The Morgan fingerprint density at radius 2 is 1.90 bits per heavy atom. The molecule has 0 radical (unpaired) electrons. The number of fused-ring (bicyclic) bond motifs is 7. The van der Waals surface area contributed by atoms with Crippen molar-refractivity contribution in [2.24, 2.45) is 0 Å². The Labute approximate surface area is 121 Å². The Morgan fingerprint density at radius 3 is 2.86 bits per heavy atom. The van der Waals surface area contributed by atoms with Crippen LogP contribution in [0.15, 0.2) is 42.5 Å². The SMILES string of the molecule is OC1OC2=c3c(ccc4c3=CC=C4)-c3ccccc3C2O1. The molecule has 3 aliphatic rings. The van der Waals surface area contributed by atoms with Crippen molar-refractivity contribution in [1.29, 1.82) is 0 Å². The molecular weight excluding hydrogens is 264 g/mol. The summed E-state index contributed by atoms with van der Waals surface area (Å²) >= 11 is 0. The highest BCUT2D eigenvalue weighted by Crippen LogP contribution is 2.42. The van der Waals surface area contributed by atoms with Crippen LogP contribution in [0.1, 0.15) is 17.2 Å². The van der Waals surface area contributed by atoms with E-state index in [0.717, 1.165) is 27.1 Å². The van der Waals surface area contributed by atoms with Gasteiger partial charge < -0.3 is 14.6 Å². The molecule has 1 aliphatic heterocycles. The zero-order valence-electron chi connectivity index (χ0n) is 11.1. The number of hydrogen-bond donors (Lipinski definition) is 1. The van der Waals surface area contributed by atoms with Gasteiger partial charge in [0.15, 0.2) is 0 Å². The quantitative estimate of drug-likeness (QED) is 0.795. The number of aliphatic hydroxyl groups excluding tert-OH is 1. The second-order valence-electron chi connectivity index (χ2n) is 5.41. The molecule has 3 nitrogen and oxygen atoms in total. The molecule has 2 aliphatic carbocycles. The van der Waals surface area contributed by atoms with Crippen molar-refractivity contribution >= 4 is 17.9 Å². The molecule has 2 aromatic carbocycles. The standard InChI is InChI=1S/C18H12O3/c19-18-20-16-14-6-2-1-5-12(14)13-9-8-10-4-3-7-11(10)15(13)17(16)21-18/h1-9,16,18-19H. The molecule has 1 N–H and O–H groups in total. The summed E-state index contributed by atoms with van der Waals surface area (Å²) in [5.74, 6) is 0.716. The molecule has 0 bridgehead atoms. The van der Waals surface area contributed by atoms with E-state index in [9.17, 15) is 5.11 Å². The number of benzene rings is 2. The van der Waals surface area contributed by atoms with Gasteiger partial charge in [-0.3, -0.25) is 0 Å². The molecule has 21 heavy (non-hydrogen) atoms. The van der Waals surface area contributed by atoms with E-state index in [0.29, 0.717) is 5.76 Å². The van der Waals surface area contributed by atoms with Crippen LogP contribution in [0.2, 0.25) is 0 Å². The maximum absolute atomic E-state index is 9.77. The van der Waals surface area contributed by atoms with Crippen LogP contribution in [0.3, 0.4) is 0 Å². The van der Waals surface area contributed by atoms with Crippen molar-refractivity contribution in [2.75, 3.05) is 0 Å². The third kappa shape index (κ3) is 1.39. The number of hydrogen-bond acceptors (Lipinski definition) is 3. The van der Waals surface area contributed by atoms with Crippen molar-refractivity contribution in [3.05, 3.63) is 64.0 Å². The first kappa shape index (κ1) is 11.3. The van der Waals surface area contributed by atoms with Gasteiger partial charge in [0.25, 0.3) is 0 Å². The summed E-state index contributed by atoms with van der Waals surface area (Å²) in [5, 5.41) is 11.9. The fraction of sp³-hybridized carbons (Fsp3) is 0.111. The van der Waals surface area contributed by atoms with Crippen LogP contribution in [-0.2, 0) is 9.47 Å². The van der Waals surface area contributed by atoms with Gasteiger partial charge >= 0.3 is 6.48 Å². The third-order valence-corrected chi connectivity index (χ3v) is 4.32. The number of allylic oxidation sites excluding steroid dienone is 1. The fourth-order valence-corrected chi connectivity index (χ4v) is 3.45. The van der Waals surface area contributed by atoms with E-state index in [1.165, 1.54) is 5.56 Å². The van der Waals surface area contributed by atoms with E-state index < -0.39 is 6.48 Å². The van der Waals surface area contributed by atoms with Gasteiger partial charge in [-0.15, -0.1) is 0 Å². The van der Waals surface area contributed by atoms with Gasteiger partial charge in [-0.25, -0.2) is 0 Å². The average molecular weight is 276 g/mol. The Hall–Kier alpha value is -2.36. The Balaban J connectivity index is 1.99. The molecular formula is C18H12O3. The number of rotatable bonds is 0. The van der Waals surface area contributed by atoms with Crippen LogP contribution in [-0.4, -0.2) is 11.6 Å². The predicted molar refractivity (Wildman–Crippen MR) is 79.0 cm³/mol. The minimum absolute atomic E-state index is 0.329. The molecule has 1 saturated heterocycles. The molecule has 5 rings (SSSR count). The molecule has 1 heterocycles. The molecule has 2 atom stereocenters. The second-order valence-corrected chi connectivity index (χ2v) is 5.41. The first-order valence-corrected chi connectivity index (χ1v) is 6.98. The van der Waals surface area contributed by atoms with E-state index in [1.54, 1.807) is 0 Å². The molecule has 0 amide bonds. The molecule has 3 heteroatoms. The summed E-state index contributed by atoms with van der Waals surface area (Å²) in [7, 11) is 0.